The lowest BCUT2D eigenvalue weighted by molar-refractivity contribution is -0.111. The molecule has 3 aromatic rings. The van der Waals surface area contributed by atoms with E-state index in [1.165, 1.54) is 17.4 Å². The number of nitrogens with one attached hydrogen (secondary N) is 1. The summed E-state index contributed by atoms with van der Waals surface area (Å²) in [6.07, 6.45) is 3.14. The second-order valence-electron chi connectivity index (χ2n) is 5.22. The van der Waals surface area contributed by atoms with Crippen LogP contribution in [0.3, 0.4) is 0 Å². The first-order valence-electron chi connectivity index (χ1n) is 7.44. The number of aryl methyl sites for hydroxylation is 1. The third-order valence-electron chi connectivity index (χ3n) is 3.44. The molecule has 0 spiro atoms. The highest BCUT2D eigenvalue weighted by atomic mass is 32.1. The Morgan fingerprint density at radius 1 is 1.20 bits per heavy atom. The van der Waals surface area contributed by atoms with Crippen molar-refractivity contribution in [3.63, 3.8) is 0 Å². The highest BCUT2D eigenvalue weighted by molar-refractivity contribution is 7.14. The molecule has 1 aromatic carbocycles. The minimum atomic E-state index is -0.239. The summed E-state index contributed by atoms with van der Waals surface area (Å²) in [5.74, 6) is 1.20. The van der Waals surface area contributed by atoms with Crippen LogP contribution < -0.4 is 14.8 Å². The Kier molecular flexibility index (Phi) is 4.21. The molecule has 2 aromatic heterocycles. The number of anilines is 1. The minimum Gasteiger partial charge on any atom is -0.454 e. The lowest BCUT2D eigenvalue weighted by atomic mass is 10.1. The monoisotopic (exact) mass is 371 g/mol. The standard InChI is InChI=1S/C17H13N3O3S2/c1-10-18-12(7-24-10)3-5-16(21)20-17-19-13(8-25-17)11-2-4-14-15(6-11)23-9-22-14/h2-8H,9H2,1H3,(H,19,20,21)/b5-3+. The number of thiazole rings is 2. The van der Waals surface area contributed by atoms with Crippen molar-refractivity contribution >= 4 is 39.8 Å². The number of aromatic nitrogens is 2. The van der Waals surface area contributed by atoms with Crippen LogP contribution in [0.1, 0.15) is 10.7 Å². The van der Waals surface area contributed by atoms with Crippen molar-refractivity contribution in [1.82, 2.24) is 9.97 Å². The van der Waals surface area contributed by atoms with E-state index in [0.29, 0.717) is 10.9 Å². The first kappa shape index (κ1) is 15.8. The van der Waals surface area contributed by atoms with E-state index in [4.69, 9.17) is 9.47 Å². The molecule has 0 radical (unpaired) electrons. The van der Waals surface area contributed by atoms with E-state index >= 15 is 0 Å². The van der Waals surface area contributed by atoms with E-state index in [-0.39, 0.29) is 12.7 Å². The number of carbonyl (C=O) groups is 1. The number of amides is 1. The van der Waals surface area contributed by atoms with Crippen molar-refractivity contribution in [1.29, 1.82) is 0 Å². The van der Waals surface area contributed by atoms with Crippen LogP contribution in [0.5, 0.6) is 11.5 Å². The Bertz CT molecular complexity index is 962. The molecule has 0 saturated heterocycles. The molecule has 4 rings (SSSR count). The largest absolute Gasteiger partial charge is 0.454 e. The topological polar surface area (TPSA) is 73.3 Å². The predicted molar refractivity (Wildman–Crippen MR) is 98.2 cm³/mol. The summed E-state index contributed by atoms with van der Waals surface area (Å²) < 4.78 is 10.7. The molecular weight excluding hydrogens is 358 g/mol. The molecule has 0 fully saturated rings. The highest BCUT2D eigenvalue weighted by Gasteiger charge is 2.15. The fraction of sp³-hybridized carbons (Fsp3) is 0.118. The number of carbonyl (C=O) groups excluding carboxylic acids is 1. The van der Waals surface area contributed by atoms with Gasteiger partial charge in [0.2, 0.25) is 12.7 Å². The third kappa shape index (κ3) is 3.54. The number of nitrogens with zero attached hydrogens (tertiary/aromatic N) is 2. The van der Waals surface area contributed by atoms with Crippen molar-refractivity contribution < 1.29 is 14.3 Å². The van der Waals surface area contributed by atoms with Crippen LogP contribution in [-0.4, -0.2) is 22.7 Å². The zero-order chi connectivity index (χ0) is 17.2. The van der Waals surface area contributed by atoms with Gasteiger partial charge in [0.1, 0.15) is 0 Å². The number of fused-ring (bicyclic) bond motifs is 1. The molecule has 8 heteroatoms. The fourth-order valence-corrected chi connectivity index (χ4v) is 3.59. The maximum absolute atomic E-state index is 12.0. The van der Waals surface area contributed by atoms with Gasteiger partial charge in [0.25, 0.3) is 0 Å². The van der Waals surface area contributed by atoms with Crippen molar-refractivity contribution in [3.05, 3.63) is 45.7 Å². The van der Waals surface area contributed by atoms with Gasteiger partial charge >= 0.3 is 0 Å². The van der Waals surface area contributed by atoms with E-state index in [1.807, 2.05) is 35.9 Å². The Hall–Kier alpha value is -2.71. The number of hydrogen-bond acceptors (Lipinski definition) is 7. The van der Waals surface area contributed by atoms with E-state index in [1.54, 1.807) is 17.4 Å². The summed E-state index contributed by atoms with van der Waals surface area (Å²) in [5, 5.41) is 8.06. The maximum Gasteiger partial charge on any atom is 0.250 e. The fourth-order valence-electron chi connectivity index (χ4n) is 2.28. The van der Waals surface area contributed by atoms with Crippen LogP contribution in [0.2, 0.25) is 0 Å². The Morgan fingerprint density at radius 3 is 2.92 bits per heavy atom. The zero-order valence-corrected chi connectivity index (χ0v) is 14.8. The molecule has 0 aliphatic carbocycles. The second kappa shape index (κ2) is 6.66. The maximum atomic E-state index is 12.0. The van der Waals surface area contributed by atoms with Gasteiger partial charge < -0.3 is 9.47 Å². The van der Waals surface area contributed by atoms with Gasteiger partial charge in [0.05, 0.1) is 16.4 Å². The van der Waals surface area contributed by atoms with Gasteiger partial charge in [0, 0.05) is 22.4 Å². The first-order chi connectivity index (χ1) is 12.2. The number of ether oxygens (including phenoxy) is 2. The van der Waals surface area contributed by atoms with E-state index < -0.39 is 0 Å². The molecule has 1 amide bonds. The molecule has 1 N–H and O–H groups in total. The molecular formula is C17H13N3O3S2. The lowest BCUT2D eigenvalue weighted by Gasteiger charge is -1.99. The van der Waals surface area contributed by atoms with Crippen molar-refractivity contribution in [2.75, 3.05) is 12.1 Å². The Labute approximate surface area is 151 Å². The van der Waals surface area contributed by atoms with Gasteiger partial charge in [-0.05, 0) is 31.2 Å². The predicted octanol–water partition coefficient (Wildman–Crippen LogP) is 3.96. The molecule has 1 aliphatic heterocycles. The summed E-state index contributed by atoms with van der Waals surface area (Å²) >= 11 is 2.92. The lowest BCUT2D eigenvalue weighted by Crippen LogP contribution is -2.07. The first-order valence-corrected chi connectivity index (χ1v) is 9.20. The van der Waals surface area contributed by atoms with Gasteiger partial charge in [-0.15, -0.1) is 22.7 Å². The Balaban J connectivity index is 1.44. The average Bonchev–Trinajstić information content (AvgIpc) is 3.32. The third-order valence-corrected chi connectivity index (χ3v) is 4.99. The molecule has 0 unspecified atom stereocenters. The molecule has 25 heavy (non-hydrogen) atoms. The van der Waals surface area contributed by atoms with Crippen molar-refractivity contribution in [3.8, 4) is 22.8 Å². The molecule has 0 bridgehead atoms. The second-order valence-corrected chi connectivity index (χ2v) is 7.14. The van der Waals surface area contributed by atoms with E-state index in [2.05, 4.69) is 15.3 Å². The van der Waals surface area contributed by atoms with Crippen molar-refractivity contribution in [2.24, 2.45) is 0 Å². The van der Waals surface area contributed by atoms with Gasteiger partial charge in [-0.3, -0.25) is 10.1 Å². The number of benzene rings is 1. The highest BCUT2D eigenvalue weighted by Crippen LogP contribution is 2.36. The van der Waals surface area contributed by atoms with Crippen LogP contribution >= 0.6 is 22.7 Å². The molecule has 3 heterocycles. The molecule has 0 saturated carbocycles. The van der Waals surface area contributed by atoms with Crippen LogP contribution in [0.4, 0.5) is 5.13 Å². The van der Waals surface area contributed by atoms with Gasteiger partial charge in [-0.25, -0.2) is 9.97 Å². The van der Waals surface area contributed by atoms with Crippen LogP contribution in [0, 0.1) is 6.92 Å². The number of rotatable bonds is 4. The van der Waals surface area contributed by atoms with Gasteiger partial charge in [0.15, 0.2) is 16.6 Å². The molecule has 1 aliphatic rings. The van der Waals surface area contributed by atoms with Crippen LogP contribution in [0.15, 0.2) is 35.0 Å². The van der Waals surface area contributed by atoms with Crippen molar-refractivity contribution in [2.45, 2.75) is 6.92 Å². The minimum absolute atomic E-state index is 0.238. The van der Waals surface area contributed by atoms with E-state index in [0.717, 1.165) is 27.7 Å². The van der Waals surface area contributed by atoms with Gasteiger partial charge in [-0.2, -0.15) is 0 Å². The van der Waals surface area contributed by atoms with Crippen LogP contribution in [0.25, 0.3) is 17.3 Å². The summed E-state index contributed by atoms with van der Waals surface area (Å²) in [4.78, 5) is 20.7. The smallest absolute Gasteiger partial charge is 0.250 e. The summed E-state index contributed by atoms with van der Waals surface area (Å²) in [6.45, 7) is 2.16. The molecule has 126 valence electrons. The summed E-state index contributed by atoms with van der Waals surface area (Å²) in [5.41, 5.74) is 2.46. The number of hydrogen-bond donors (Lipinski definition) is 1. The molecule has 0 atom stereocenters. The summed E-state index contributed by atoms with van der Waals surface area (Å²) in [6, 6.07) is 5.65. The zero-order valence-electron chi connectivity index (χ0n) is 13.2. The molecule has 6 nitrogen and oxygen atoms in total. The van der Waals surface area contributed by atoms with Crippen LogP contribution in [-0.2, 0) is 4.79 Å². The Morgan fingerprint density at radius 2 is 2.08 bits per heavy atom. The summed E-state index contributed by atoms with van der Waals surface area (Å²) in [7, 11) is 0. The average molecular weight is 371 g/mol. The SMILES string of the molecule is Cc1nc(/C=C/C(=O)Nc2nc(-c3ccc4c(c3)OCO4)cs2)cs1. The van der Waals surface area contributed by atoms with Gasteiger partial charge in [-0.1, -0.05) is 0 Å². The normalized spacial score (nSPS) is 12.7. The van der Waals surface area contributed by atoms with E-state index in [9.17, 15) is 4.79 Å². The quantitative estimate of drug-likeness (QED) is 0.703.